The molecule has 0 radical (unpaired) electrons. The Morgan fingerprint density at radius 2 is 2.05 bits per heavy atom. The molecule has 19 heavy (non-hydrogen) atoms. The Hall–Kier alpha value is -1.62. The normalized spacial score (nSPS) is 16.1. The lowest BCUT2D eigenvalue weighted by Crippen LogP contribution is -2.35. The molecule has 0 bridgehead atoms. The second kappa shape index (κ2) is 4.49. The largest absolute Gasteiger partial charge is 0.342 e. The van der Waals surface area contributed by atoms with Crippen LogP contribution in [-0.2, 0) is 5.54 Å². The van der Waals surface area contributed by atoms with Gasteiger partial charge in [-0.15, -0.1) is 0 Å². The van der Waals surface area contributed by atoms with Crippen LogP contribution in [0.3, 0.4) is 0 Å². The molecule has 1 fully saturated rings. The fraction of sp³-hybridized carbons (Fsp3) is 0.286. The molecular formula is C14H14BrN3O. The first-order valence-corrected chi connectivity index (χ1v) is 6.99. The van der Waals surface area contributed by atoms with Crippen molar-refractivity contribution < 1.29 is 4.79 Å². The van der Waals surface area contributed by atoms with Crippen LogP contribution in [0.25, 0.3) is 0 Å². The van der Waals surface area contributed by atoms with Crippen LogP contribution in [0.5, 0.6) is 0 Å². The quantitative estimate of drug-likeness (QED) is 0.913. The number of nitrogens with zero attached hydrogens (tertiary/aromatic N) is 1. The molecule has 3 rings (SSSR count). The Balaban J connectivity index is 1.81. The van der Waals surface area contributed by atoms with Gasteiger partial charge in [-0.1, -0.05) is 28.1 Å². The van der Waals surface area contributed by atoms with Crippen molar-refractivity contribution in [1.82, 2.24) is 15.5 Å². The van der Waals surface area contributed by atoms with Crippen molar-refractivity contribution in [1.29, 1.82) is 0 Å². The van der Waals surface area contributed by atoms with Crippen LogP contribution >= 0.6 is 15.9 Å². The van der Waals surface area contributed by atoms with E-state index in [1.54, 1.807) is 6.20 Å². The lowest BCUT2D eigenvalue weighted by molar-refractivity contribution is 0.0930. The minimum Gasteiger partial charge on any atom is -0.342 e. The highest BCUT2D eigenvalue weighted by Gasteiger charge is 2.45. The van der Waals surface area contributed by atoms with E-state index in [9.17, 15) is 4.79 Å². The number of carbonyl (C=O) groups excluding carboxylic acids is 1. The van der Waals surface area contributed by atoms with E-state index in [2.05, 4.69) is 43.6 Å². The van der Waals surface area contributed by atoms with Crippen molar-refractivity contribution in [3.63, 3.8) is 0 Å². The van der Waals surface area contributed by atoms with E-state index in [1.165, 1.54) is 0 Å². The second-order valence-electron chi connectivity index (χ2n) is 4.95. The maximum Gasteiger partial charge on any atom is 0.255 e. The highest BCUT2D eigenvalue weighted by atomic mass is 79.9. The molecule has 0 aliphatic heterocycles. The second-order valence-corrected chi connectivity index (χ2v) is 5.87. The van der Waals surface area contributed by atoms with Crippen LogP contribution in [0, 0.1) is 6.92 Å². The zero-order chi connectivity index (χ0) is 13.5. The van der Waals surface area contributed by atoms with Gasteiger partial charge in [0.1, 0.15) is 0 Å². The fourth-order valence-corrected chi connectivity index (χ4v) is 2.51. The third-order valence-corrected chi connectivity index (χ3v) is 4.10. The summed E-state index contributed by atoms with van der Waals surface area (Å²) in [5.74, 6) is -0.0633. The zero-order valence-electron chi connectivity index (χ0n) is 10.5. The summed E-state index contributed by atoms with van der Waals surface area (Å²) in [6.07, 6.45) is 3.54. The highest BCUT2D eigenvalue weighted by molar-refractivity contribution is 9.10. The van der Waals surface area contributed by atoms with E-state index in [0.717, 1.165) is 28.6 Å². The number of benzene rings is 1. The topological polar surface area (TPSA) is 57.8 Å². The first-order valence-electron chi connectivity index (χ1n) is 6.19. The van der Waals surface area contributed by atoms with Gasteiger partial charge in [-0.05, 0) is 37.5 Å². The molecule has 1 saturated carbocycles. The summed E-state index contributed by atoms with van der Waals surface area (Å²) in [5.41, 5.74) is 2.37. The van der Waals surface area contributed by atoms with Gasteiger partial charge in [0.05, 0.1) is 17.3 Å². The predicted octanol–water partition coefficient (Wildman–Crippen LogP) is 2.90. The number of halogens is 1. The lowest BCUT2D eigenvalue weighted by Gasteiger charge is -2.18. The van der Waals surface area contributed by atoms with Crippen molar-refractivity contribution in [3.05, 3.63) is 51.8 Å². The standard InChI is InChI=1S/C14H14BrN3O/c1-9-12(8-16-18-9)13(19)17-14(6-7-14)10-2-4-11(15)5-3-10/h2-5,8H,6-7H2,1H3,(H,16,18)(H,17,19). The van der Waals surface area contributed by atoms with Crippen LogP contribution in [0.2, 0.25) is 0 Å². The summed E-state index contributed by atoms with van der Waals surface area (Å²) in [6.45, 7) is 1.85. The summed E-state index contributed by atoms with van der Waals surface area (Å²) in [7, 11) is 0. The van der Waals surface area contributed by atoms with Gasteiger partial charge in [-0.25, -0.2) is 0 Å². The number of H-pyrrole nitrogens is 1. The Morgan fingerprint density at radius 3 is 2.58 bits per heavy atom. The van der Waals surface area contributed by atoms with Crippen molar-refractivity contribution in [2.75, 3.05) is 0 Å². The third kappa shape index (κ3) is 2.30. The number of hydrogen-bond donors (Lipinski definition) is 2. The summed E-state index contributed by atoms with van der Waals surface area (Å²) in [6, 6.07) is 8.12. The van der Waals surface area contributed by atoms with Gasteiger partial charge in [0.15, 0.2) is 0 Å². The Bertz CT molecular complexity index is 614. The van der Waals surface area contributed by atoms with Crippen molar-refractivity contribution in [3.8, 4) is 0 Å². The summed E-state index contributed by atoms with van der Waals surface area (Å²) >= 11 is 3.42. The van der Waals surface area contributed by atoms with Crippen molar-refractivity contribution >= 4 is 21.8 Å². The molecular weight excluding hydrogens is 306 g/mol. The maximum atomic E-state index is 12.2. The smallest absolute Gasteiger partial charge is 0.255 e. The van der Waals surface area contributed by atoms with Gasteiger partial charge >= 0.3 is 0 Å². The van der Waals surface area contributed by atoms with E-state index >= 15 is 0 Å². The molecule has 1 aliphatic carbocycles. The fourth-order valence-electron chi connectivity index (χ4n) is 2.24. The zero-order valence-corrected chi connectivity index (χ0v) is 12.1. The van der Waals surface area contributed by atoms with Crippen LogP contribution in [0.1, 0.15) is 34.5 Å². The van der Waals surface area contributed by atoms with Gasteiger partial charge in [-0.2, -0.15) is 5.10 Å². The highest BCUT2D eigenvalue weighted by Crippen LogP contribution is 2.45. The molecule has 1 aliphatic rings. The molecule has 0 unspecified atom stereocenters. The number of nitrogens with one attached hydrogen (secondary N) is 2. The number of aromatic nitrogens is 2. The first-order chi connectivity index (χ1) is 9.11. The van der Waals surface area contributed by atoms with Gasteiger partial charge in [-0.3, -0.25) is 9.89 Å². The SMILES string of the molecule is Cc1[nH]ncc1C(=O)NC1(c2ccc(Br)cc2)CC1. The van der Waals surface area contributed by atoms with Gasteiger partial charge in [0, 0.05) is 10.2 Å². The van der Waals surface area contributed by atoms with E-state index in [1.807, 2.05) is 19.1 Å². The molecule has 1 aromatic heterocycles. The van der Waals surface area contributed by atoms with Crippen LogP contribution in [0.15, 0.2) is 34.9 Å². The number of aromatic amines is 1. The van der Waals surface area contributed by atoms with E-state index in [-0.39, 0.29) is 11.4 Å². The van der Waals surface area contributed by atoms with Crippen molar-refractivity contribution in [2.45, 2.75) is 25.3 Å². The van der Waals surface area contributed by atoms with Crippen LogP contribution < -0.4 is 5.32 Å². The summed E-state index contributed by atoms with van der Waals surface area (Å²) < 4.78 is 1.05. The number of aryl methyl sites for hydroxylation is 1. The minimum absolute atomic E-state index is 0.0633. The number of hydrogen-bond acceptors (Lipinski definition) is 2. The molecule has 2 aromatic rings. The predicted molar refractivity (Wildman–Crippen MR) is 75.8 cm³/mol. The molecule has 0 saturated heterocycles. The molecule has 4 nitrogen and oxygen atoms in total. The van der Waals surface area contributed by atoms with E-state index in [4.69, 9.17) is 0 Å². The maximum absolute atomic E-state index is 12.2. The number of carbonyl (C=O) groups is 1. The average Bonchev–Trinajstić information content (AvgIpc) is 3.03. The minimum atomic E-state index is -0.193. The van der Waals surface area contributed by atoms with E-state index < -0.39 is 0 Å². The Morgan fingerprint density at radius 1 is 1.37 bits per heavy atom. The summed E-state index contributed by atoms with van der Waals surface area (Å²) in [4.78, 5) is 12.2. The Labute approximate surface area is 119 Å². The molecule has 1 aromatic carbocycles. The molecule has 98 valence electrons. The molecule has 5 heteroatoms. The van der Waals surface area contributed by atoms with E-state index in [0.29, 0.717) is 5.56 Å². The molecule has 1 heterocycles. The monoisotopic (exact) mass is 319 g/mol. The number of rotatable bonds is 3. The molecule has 1 amide bonds. The average molecular weight is 320 g/mol. The molecule has 2 N–H and O–H groups in total. The lowest BCUT2D eigenvalue weighted by atomic mass is 10.0. The molecule has 0 atom stereocenters. The summed E-state index contributed by atoms with van der Waals surface area (Å²) in [5, 5.41) is 9.80. The van der Waals surface area contributed by atoms with Crippen molar-refractivity contribution in [2.24, 2.45) is 0 Å². The van der Waals surface area contributed by atoms with Crippen LogP contribution in [-0.4, -0.2) is 16.1 Å². The van der Waals surface area contributed by atoms with Crippen LogP contribution in [0.4, 0.5) is 0 Å². The van der Waals surface area contributed by atoms with Gasteiger partial charge < -0.3 is 5.32 Å². The molecule has 0 spiro atoms. The number of amides is 1. The third-order valence-electron chi connectivity index (χ3n) is 3.57. The first kappa shape index (κ1) is 12.4. The van der Waals surface area contributed by atoms with Gasteiger partial charge in [0.2, 0.25) is 0 Å². The van der Waals surface area contributed by atoms with Gasteiger partial charge in [0.25, 0.3) is 5.91 Å². The Kier molecular flexibility index (Phi) is 2.93.